The lowest BCUT2D eigenvalue weighted by molar-refractivity contribution is 0.151. The van der Waals surface area contributed by atoms with Crippen LogP contribution in [0, 0.1) is 0 Å². The Morgan fingerprint density at radius 1 is 1.47 bits per heavy atom. The summed E-state index contributed by atoms with van der Waals surface area (Å²) >= 11 is 0. The molecule has 1 aromatic heterocycles. The van der Waals surface area contributed by atoms with Crippen molar-refractivity contribution in [2.75, 3.05) is 0 Å². The predicted molar refractivity (Wildman–Crippen MR) is 59.7 cm³/mol. The fourth-order valence-electron chi connectivity index (χ4n) is 2.56. The summed E-state index contributed by atoms with van der Waals surface area (Å²) in [6, 6.07) is 2.10. The summed E-state index contributed by atoms with van der Waals surface area (Å²) < 4.78 is 2.06. The van der Waals surface area contributed by atoms with E-state index in [0.717, 1.165) is 25.8 Å². The first kappa shape index (κ1) is 10.7. The van der Waals surface area contributed by atoms with Crippen LogP contribution >= 0.6 is 0 Å². The van der Waals surface area contributed by atoms with Crippen LogP contribution in [0.1, 0.15) is 50.6 Å². The fourth-order valence-corrected chi connectivity index (χ4v) is 2.56. The Bertz CT molecular complexity index is 308. The van der Waals surface area contributed by atoms with Crippen molar-refractivity contribution in [3.63, 3.8) is 0 Å². The largest absolute Gasteiger partial charge is 0.393 e. The van der Waals surface area contributed by atoms with Gasteiger partial charge in [0, 0.05) is 24.4 Å². The smallest absolute Gasteiger partial charge is 0.0546 e. The quantitative estimate of drug-likeness (QED) is 0.757. The number of aliphatic hydroxyl groups excluding tert-OH is 1. The minimum atomic E-state index is -0.113. The van der Waals surface area contributed by atoms with E-state index in [9.17, 15) is 5.11 Å². The average Bonchev–Trinajstić information content (AvgIpc) is 2.61. The van der Waals surface area contributed by atoms with E-state index >= 15 is 0 Å². The minimum absolute atomic E-state index is 0.113. The van der Waals surface area contributed by atoms with Gasteiger partial charge in [-0.2, -0.15) is 5.10 Å². The molecule has 1 aliphatic carbocycles. The molecule has 2 rings (SSSR count). The molecule has 1 N–H and O–H groups in total. The first-order valence-electron chi connectivity index (χ1n) is 6.01. The van der Waals surface area contributed by atoms with Crippen LogP contribution in [0.25, 0.3) is 0 Å². The van der Waals surface area contributed by atoms with Crippen molar-refractivity contribution < 1.29 is 5.11 Å². The maximum absolute atomic E-state index is 9.79. The standard InChI is InChI=1S/C12H20N2O/c1-2-14-12(7-8-13-14)10-5-3-4-6-11(15)9-10/h7-8,10-11,15H,2-6,9H2,1H3. The molecule has 2 unspecified atom stereocenters. The molecule has 0 amide bonds. The van der Waals surface area contributed by atoms with E-state index in [0.29, 0.717) is 5.92 Å². The summed E-state index contributed by atoms with van der Waals surface area (Å²) in [6.07, 6.45) is 7.23. The molecule has 1 aliphatic rings. The van der Waals surface area contributed by atoms with E-state index < -0.39 is 0 Å². The second-order valence-corrected chi connectivity index (χ2v) is 4.44. The van der Waals surface area contributed by atoms with E-state index in [-0.39, 0.29) is 6.10 Å². The van der Waals surface area contributed by atoms with Crippen molar-refractivity contribution in [2.24, 2.45) is 0 Å². The van der Waals surface area contributed by atoms with Gasteiger partial charge >= 0.3 is 0 Å². The molecular formula is C12H20N2O. The zero-order valence-corrected chi connectivity index (χ0v) is 9.39. The molecule has 1 fully saturated rings. The van der Waals surface area contributed by atoms with Gasteiger partial charge in [-0.05, 0) is 32.3 Å². The van der Waals surface area contributed by atoms with Crippen LogP contribution in [0.5, 0.6) is 0 Å². The topological polar surface area (TPSA) is 38.0 Å². The SMILES string of the molecule is CCn1nccc1C1CCCCC(O)C1. The Kier molecular flexibility index (Phi) is 3.41. The third-order valence-corrected chi connectivity index (χ3v) is 3.36. The number of aliphatic hydroxyl groups is 1. The molecule has 0 aromatic carbocycles. The lowest BCUT2D eigenvalue weighted by atomic mass is 9.95. The van der Waals surface area contributed by atoms with Crippen LogP contribution in [0.4, 0.5) is 0 Å². The number of aryl methyl sites for hydroxylation is 1. The summed E-state index contributed by atoms with van der Waals surface area (Å²) in [5, 5.41) is 14.1. The maximum atomic E-state index is 9.79. The molecule has 3 nitrogen and oxygen atoms in total. The van der Waals surface area contributed by atoms with Crippen molar-refractivity contribution >= 4 is 0 Å². The molecule has 2 atom stereocenters. The van der Waals surface area contributed by atoms with Crippen LogP contribution in [-0.2, 0) is 6.54 Å². The fraction of sp³-hybridized carbons (Fsp3) is 0.750. The monoisotopic (exact) mass is 208 g/mol. The molecule has 0 radical (unpaired) electrons. The molecule has 1 aromatic rings. The van der Waals surface area contributed by atoms with Crippen molar-refractivity contribution in [3.05, 3.63) is 18.0 Å². The van der Waals surface area contributed by atoms with E-state index in [1.165, 1.54) is 18.5 Å². The lowest BCUT2D eigenvalue weighted by Gasteiger charge is -2.17. The van der Waals surface area contributed by atoms with E-state index in [2.05, 4.69) is 22.8 Å². The number of aromatic nitrogens is 2. The van der Waals surface area contributed by atoms with Gasteiger partial charge in [-0.25, -0.2) is 0 Å². The van der Waals surface area contributed by atoms with Gasteiger partial charge in [-0.3, -0.25) is 4.68 Å². The van der Waals surface area contributed by atoms with E-state index in [1.807, 2.05) is 6.20 Å². The van der Waals surface area contributed by atoms with E-state index in [4.69, 9.17) is 0 Å². The molecular weight excluding hydrogens is 188 g/mol. The van der Waals surface area contributed by atoms with Crippen LogP contribution in [0.3, 0.4) is 0 Å². The normalized spacial score (nSPS) is 27.6. The molecule has 0 saturated heterocycles. The van der Waals surface area contributed by atoms with Crippen LogP contribution in [0.15, 0.2) is 12.3 Å². The summed E-state index contributed by atoms with van der Waals surface area (Å²) in [7, 11) is 0. The van der Waals surface area contributed by atoms with Gasteiger partial charge in [0.2, 0.25) is 0 Å². The summed E-state index contributed by atoms with van der Waals surface area (Å²) in [4.78, 5) is 0. The van der Waals surface area contributed by atoms with Gasteiger partial charge in [0.25, 0.3) is 0 Å². The van der Waals surface area contributed by atoms with Gasteiger partial charge in [0.05, 0.1) is 6.10 Å². The summed E-state index contributed by atoms with van der Waals surface area (Å²) in [5.41, 5.74) is 1.30. The van der Waals surface area contributed by atoms with Crippen LogP contribution < -0.4 is 0 Å². The second kappa shape index (κ2) is 4.79. The Morgan fingerprint density at radius 2 is 2.27 bits per heavy atom. The summed E-state index contributed by atoms with van der Waals surface area (Å²) in [5.74, 6) is 0.505. The van der Waals surface area contributed by atoms with Crippen molar-refractivity contribution in [1.82, 2.24) is 9.78 Å². The van der Waals surface area contributed by atoms with Crippen LogP contribution in [-0.4, -0.2) is 21.0 Å². The van der Waals surface area contributed by atoms with E-state index in [1.54, 1.807) is 0 Å². The minimum Gasteiger partial charge on any atom is -0.393 e. The highest BCUT2D eigenvalue weighted by Crippen LogP contribution is 2.31. The molecule has 3 heteroatoms. The Labute approximate surface area is 91.1 Å². The second-order valence-electron chi connectivity index (χ2n) is 4.44. The van der Waals surface area contributed by atoms with Gasteiger partial charge in [0.15, 0.2) is 0 Å². The highest BCUT2D eigenvalue weighted by atomic mass is 16.3. The van der Waals surface area contributed by atoms with Gasteiger partial charge in [0.1, 0.15) is 0 Å². The molecule has 0 aliphatic heterocycles. The molecule has 0 spiro atoms. The lowest BCUT2D eigenvalue weighted by Crippen LogP contribution is -2.13. The number of hydrogen-bond donors (Lipinski definition) is 1. The summed E-state index contributed by atoms with van der Waals surface area (Å²) in [6.45, 7) is 3.04. The third kappa shape index (κ3) is 2.40. The number of rotatable bonds is 2. The molecule has 0 bridgehead atoms. The van der Waals surface area contributed by atoms with Crippen LogP contribution in [0.2, 0.25) is 0 Å². The zero-order chi connectivity index (χ0) is 10.7. The maximum Gasteiger partial charge on any atom is 0.0546 e. The Hall–Kier alpha value is -0.830. The van der Waals surface area contributed by atoms with Gasteiger partial charge < -0.3 is 5.11 Å². The zero-order valence-electron chi connectivity index (χ0n) is 9.39. The van der Waals surface area contributed by atoms with Crippen molar-refractivity contribution in [2.45, 2.75) is 57.6 Å². The van der Waals surface area contributed by atoms with Gasteiger partial charge in [-0.15, -0.1) is 0 Å². The van der Waals surface area contributed by atoms with Gasteiger partial charge in [-0.1, -0.05) is 12.8 Å². The first-order valence-corrected chi connectivity index (χ1v) is 6.01. The van der Waals surface area contributed by atoms with Crippen molar-refractivity contribution in [3.8, 4) is 0 Å². The first-order chi connectivity index (χ1) is 7.31. The third-order valence-electron chi connectivity index (χ3n) is 3.36. The molecule has 15 heavy (non-hydrogen) atoms. The molecule has 1 heterocycles. The molecule has 84 valence electrons. The Morgan fingerprint density at radius 3 is 3.07 bits per heavy atom. The number of nitrogens with zero attached hydrogens (tertiary/aromatic N) is 2. The highest BCUT2D eigenvalue weighted by Gasteiger charge is 2.22. The molecule has 1 saturated carbocycles. The highest BCUT2D eigenvalue weighted by molar-refractivity contribution is 5.08. The average molecular weight is 208 g/mol. The Balaban J connectivity index is 2.14. The van der Waals surface area contributed by atoms with Crippen molar-refractivity contribution in [1.29, 1.82) is 0 Å². The predicted octanol–water partition coefficient (Wildman–Crippen LogP) is 2.31. The number of hydrogen-bond acceptors (Lipinski definition) is 2.